The summed E-state index contributed by atoms with van der Waals surface area (Å²) in [5.41, 5.74) is 0. The lowest BCUT2D eigenvalue weighted by atomic mass is 10.2. The number of carbonyl (C=O) groups excluding carboxylic acids is 1. The Bertz CT molecular complexity index is 529. The van der Waals surface area contributed by atoms with Crippen molar-refractivity contribution in [2.24, 2.45) is 0 Å². The average molecular weight is 312 g/mol. The molecule has 1 N–H and O–H groups in total. The molecule has 0 unspecified atom stereocenters. The molecule has 21 heavy (non-hydrogen) atoms. The second-order valence-corrected chi connectivity index (χ2v) is 6.74. The number of nitrogens with one attached hydrogen (secondary N) is 1. The third-order valence-electron chi connectivity index (χ3n) is 3.16. The monoisotopic (exact) mass is 312 g/mol. The van der Waals surface area contributed by atoms with Crippen LogP contribution in [0.25, 0.3) is 0 Å². The SMILES string of the molecule is CCCCCNC(=O)CN(CC)S(=O)(=O)c1ccccc1. The fourth-order valence-electron chi connectivity index (χ4n) is 1.93. The maximum atomic E-state index is 12.4. The summed E-state index contributed by atoms with van der Waals surface area (Å²) in [6, 6.07) is 8.18. The average Bonchev–Trinajstić information content (AvgIpc) is 2.50. The molecule has 0 fully saturated rings. The standard InChI is InChI=1S/C15H24N2O3S/c1-3-5-9-12-16-15(18)13-17(4-2)21(19,20)14-10-7-6-8-11-14/h6-8,10-11H,3-5,9,12-13H2,1-2H3,(H,16,18). The van der Waals surface area contributed by atoms with Gasteiger partial charge in [-0.15, -0.1) is 0 Å². The smallest absolute Gasteiger partial charge is 0.243 e. The lowest BCUT2D eigenvalue weighted by Crippen LogP contribution is -2.40. The van der Waals surface area contributed by atoms with E-state index in [0.717, 1.165) is 19.3 Å². The second-order valence-electron chi connectivity index (χ2n) is 4.80. The minimum Gasteiger partial charge on any atom is -0.355 e. The number of rotatable bonds is 9. The fraction of sp³-hybridized carbons (Fsp3) is 0.533. The second kappa shape index (κ2) is 8.79. The number of nitrogens with zero attached hydrogens (tertiary/aromatic N) is 1. The van der Waals surface area contributed by atoms with Crippen LogP contribution < -0.4 is 5.32 Å². The van der Waals surface area contributed by atoms with Gasteiger partial charge < -0.3 is 5.32 Å². The van der Waals surface area contributed by atoms with Crippen LogP contribution >= 0.6 is 0 Å². The number of benzene rings is 1. The summed E-state index contributed by atoms with van der Waals surface area (Å²) >= 11 is 0. The van der Waals surface area contributed by atoms with E-state index in [1.54, 1.807) is 25.1 Å². The zero-order chi connectivity index (χ0) is 15.7. The number of carbonyl (C=O) groups is 1. The zero-order valence-corrected chi connectivity index (χ0v) is 13.5. The molecule has 0 atom stereocenters. The highest BCUT2D eigenvalue weighted by atomic mass is 32.2. The summed E-state index contributed by atoms with van der Waals surface area (Å²) in [5, 5.41) is 2.76. The Morgan fingerprint density at radius 2 is 1.81 bits per heavy atom. The molecule has 0 heterocycles. The molecule has 0 bridgehead atoms. The van der Waals surface area contributed by atoms with Crippen LogP contribution in [0.15, 0.2) is 35.2 Å². The molecule has 1 amide bonds. The van der Waals surface area contributed by atoms with Crippen molar-refractivity contribution in [3.05, 3.63) is 30.3 Å². The first kappa shape index (κ1) is 17.7. The summed E-state index contributed by atoms with van der Waals surface area (Å²) in [7, 11) is -3.61. The normalized spacial score (nSPS) is 11.6. The van der Waals surface area contributed by atoms with E-state index in [9.17, 15) is 13.2 Å². The summed E-state index contributed by atoms with van der Waals surface area (Å²) in [6.07, 6.45) is 3.05. The van der Waals surface area contributed by atoms with Crippen LogP contribution in [0.5, 0.6) is 0 Å². The van der Waals surface area contributed by atoms with Crippen LogP contribution in [0.1, 0.15) is 33.1 Å². The van der Waals surface area contributed by atoms with E-state index in [2.05, 4.69) is 12.2 Å². The number of hydrogen-bond donors (Lipinski definition) is 1. The van der Waals surface area contributed by atoms with E-state index in [-0.39, 0.29) is 23.9 Å². The fourth-order valence-corrected chi connectivity index (χ4v) is 3.35. The van der Waals surface area contributed by atoms with E-state index in [4.69, 9.17) is 0 Å². The Kier molecular flexibility index (Phi) is 7.39. The quantitative estimate of drug-likeness (QED) is 0.709. The first-order valence-electron chi connectivity index (χ1n) is 7.34. The number of amides is 1. The molecule has 0 saturated carbocycles. The predicted octanol–water partition coefficient (Wildman–Crippen LogP) is 2.00. The summed E-state index contributed by atoms with van der Waals surface area (Å²) in [5.74, 6) is -0.257. The summed E-state index contributed by atoms with van der Waals surface area (Å²) < 4.78 is 26.0. The van der Waals surface area contributed by atoms with Gasteiger partial charge in [0.1, 0.15) is 0 Å². The zero-order valence-electron chi connectivity index (χ0n) is 12.7. The van der Waals surface area contributed by atoms with Gasteiger partial charge in [-0.1, -0.05) is 44.9 Å². The minimum atomic E-state index is -3.61. The van der Waals surface area contributed by atoms with Crippen LogP contribution in [0.4, 0.5) is 0 Å². The van der Waals surface area contributed by atoms with Gasteiger partial charge in [0, 0.05) is 13.1 Å². The molecular weight excluding hydrogens is 288 g/mol. The van der Waals surface area contributed by atoms with Crippen LogP contribution in [-0.2, 0) is 14.8 Å². The van der Waals surface area contributed by atoms with Crippen molar-refractivity contribution < 1.29 is 13.2 Å². The van der Waals surface area contributed by atoms with Crippen LogP contribution in [-0.4, -0.2) is 38.3 Å². The number of likely N-dealkylation sites (N-methyl/N-ethyl adjacent to an activating group) is 1. The Balaban J connectivity index is 2.64. The lowest BCUT2D eigenvalue weighted by Gasteiger charge is -2.20. The van der Waals surface area contributed by atoms with Gasteiger partial charge >= 0.3 is 0 Å². The van der Waals surface area contributed by atoms with Gasteiger partial charge in [-0.05, 0) is 18.6 Å². The molecule has 1 aromatic rings. The summed E-state index contributed by atoms with van der Waals surface area (Å²) in [4.78, 5) is 12.0. The van der Waals surface area contributed by atoms with Gasteiger partial charge in [-0.25, -0.2) is 8.42 Å². The van der Waals surface area contributed by atoms with Crippen molar-refractivity contribution >= 4 is 15.9 Å². The van der Waals surface area contributed by atoms with Crippen molar-refractivity contribution in [1.29, 1.82) is 0 Å². The molecule has 0 aliphatic rings. The third-order valence-corrected chi connectivity index (χ3v) is 5.09. The molecule has 0 aromatic heterocycles. The maximum Gasteiger partial charge on any atom is 0.243 e. The molecule has 0 spiro atoms. The Labute approximate surface area is 127 Å². The molecule has 6 heteroatoms. The van der Waals surface area contributed by atoms with E-state index < -0.39 is 10.0 Å². The number of unbranched alkanes of at least 4 members (excludes halogenated alkanes) is 2. The minimum absolute atomic E-state index is 0.139. The molecule has 0 saturated heterocycles. The van der Waals surface area contributed by atoms with E-state index >= 15 is 0 Å². The molecule has 118 valence electrons. The Morgan fingerprint density at radius 3 is 2.38 bits per heavy atom. The predicted molar refractivity (Wildman–Crippen MR) is 83.4 cm³/mol. The highest BCUT2D eigenvalue weighted by Gasteiger charge is 2.24. The van der Waals surface area contributed by atoms with Gasteiger partial charge in [0.25, 0.3) is 0 Å². The first-order valence-corrected chi connectivity index (χ1v) is 8.78. The lowest BCUT2D eigenvalue weighted by molar-refractivity contribution is -0.121. The number of hydrogen-bond acceptors (Lipinski definition) is 3. The molecular formula is C15H24N2O3S. The first-order chi connectivity index (χ1) is 10.0. The summed E-state index contributed by atoms with van der Waals surface area (Å²) in [6.45, 7) is 4.53. The molecule has 0 aliphatic heterocycles. The van der Waals surface area contributed by atoms with E-state index in [1.807, 2.05) is 0 Å². The van der Waals surface area contributed by atoms with Gasteiger partial charge in [0.2, 0.25) is 15.9 Å². The Morgan fingerprint density at radius 1 is 1.14 bits per heavy atom. The highest BCUT2D eigenvalue weighted by Crippen LogP contribution is 2.14. The maximum absolute atomic E-state index is 12.4. The van der Waals surface area contributed by atoms with E-state index in [0.29, 0.717) is 6.54 Å². The van der Waals surface area contributed by atoms with Crippen molar-refractivity contribution in [3.8, 4) is 0 Å². The largest absolute Gasteiger partial charge is 0.355 e. The molecule has 0 radical (unpaired) electrons. The molecule has 1 aromatic carbocycles. The molecule has 1 rings (SSSR count). The van der Waals surface area contributed by atoms with E-state index in [1.165, 1.54) is 16.4 Å². The van der Waals surface area contributed by atoms with Crippen molar-refractivity contribution in [1.82, 2.24) is 9.62 Å². The van der Waals surface area contributed by atoms with Gasteiger partial charge in [0.05, 0.1) is 11.4 Å². The van der Waals surface area contributed by atoms with Crippen LogP contribution in [0, 0.1) is 0 Å². The topological polar surface area (TPSA) is 66.5 Å². The highest BCUT2D eigenvalue weighted by molar-refractivity contribution is 7.89. The Hall–Kier alpha value is -1.40. The van der Waals surface area contributed by atoms with Gasteiger partial charge in [-0.3, -0.25) is 4.79 Å². The van der Waals surface area contributed by atoms with Crippen molar-refractivity contribution in [2.45, 2.75) is 38.0 Å². The van der Waals surface area contributed by atoms with Gasteiger partial charge in [-0.2, -0.15) is 4.31 Å². The van der Waals surface area contributed by atoms with Gasteiger partial charge in [0.15, 0.2) is 0 Å². The molecule has 0 aliphatic carbocycles. The van der Waals surface area contributed by atoms with Crippen molar-refractivity contribution in [3.63, 3.8) is 0 Å². The third kappa shape index (κ3) is 5.47. The van der Waals surface area contributed by atoms with Crippen molar-refractivity contribution in [2.75, 3.05) is 19.6 Å². The molecule has 5 nitrogen and oxygen atoms in total. The van der Waals surface area contributed by atoms with Crippen LogP contribution in [0.2, 0.25) is 0 Å². The number of sulfonamides is 1. The van der Waals surface area contributed by atoms with Crippen LogP contribution in [0.3, 0.4) is 0 Å².